The number of nitrogens with zero attached hydrogens (tertiary/aromatic N) is 1. The van der Waals surface area contributed by atoms with Crippen molar-refractivity contribution < 1.29 is 41.6 Å². The fourth-order valence-corrected chi connectivity index (χ4v) is 5.73. The molecule has 11 heteroatoms. The first kappa shape index (κ1) is 32.7. The van der Waals surface area contributed by atoms with Crippen molar-refractivity contribution in [1.29, 1.82) is 0 Å². The largest absolute Gasteiger partial charge is 0.458 e. The Morgan fingerprint density at radius 3 is 2.21 bits per heavy atom. The van der Waals surface area contributed by atoms with E-state index in [-0.39, 0.29) is 51.3 Å². The summed E-state index contributed by atoms with van der Waals surface area (Å²) < 4.78 is 10.6. The van der Waals surface area contributed by atoms with Crippen molar-refractivity contribution in [2.24, 2.45) is 16.6 Å². The van der Waals surface area contributed by atoms with Crippen LogP contribution in [-0.2, 0) is 14.4 Å². The lowest BCUT2D eigenvalue weighted by Crippen LogP contribution is -2.49. The minimum Gasteiger partial charge on any atom is -0.458 e. The molecule has 1 fully saturated rings. The number of benzene rings is 2. The quantitative estimate of drug-likeness (QED) is 0.163. The lowest BCUT2D eigenvalue weighted by atomic mass is 9.63. The molecule has 0 radical (unpaired) electrons. The molecule has 3 atom stereocenters. The second-order valence-electron chi connectivity index (χ2n) is 11.9. The molecule has 2 aromatic rings. The van der Waals surface area contributed by atoms with Gasteiger partial charge in [-0.25, -0.2) is 14.5 Å². The van der Waals surface area contributed by atoms with Gasteiger partial charge in [0.2, 0.25) is 0 Å². The number of nitrogens with two attached hydrogens (primary N) is 1. The Hall–Kier alpha value is -3.80. The number of rotatable bonds is 9. The summed E-state index contributed by atoms with van der Waals surface area (Å²) in [7, 11) is 0. The van der Waals surface area contributed by atoms with Crippen molar-refractivity contribution in [3.05, 3.63) is 71.3 Å². The predicted molar refractivity (Wildman–Crippen MR) is 159 cm³/mol. The summed E-state index contributed by atoms with van der Waals surface area (Å²) >= 11 is 0. The van der Waals surface area contributed by atoms with Gasteiger partial charge >= 0.3 is 12.1 Å². The van der Waals surface area contributed by atoms with Gasteiger partial charge in [0, 0.05) is 8.90 Å². The minimum absolute atomic E-state index is 0. The molecule has 0 bridgehead atoms. The first-order chi connectivity index (χ1) is 19.9. The van der Waals surface area contributed by atoms with Gasteiger partial charge < -0.3 is 20.5 Å². The van der Waals surface area contributed by atoms with Gasteiger partial charge in [0.05, 0.1) is 23.2 Å². The minimum atomic E-state index is -0.532. The molecule has 4 N–H and O–H groups in total. The third-order valence-corrected chi connectivity index (χ3v) is 7.31. The smallest absolute Gasteiger partial charge is 0.407 e. The number of fused-ring (bicyclic) bond motifs is 1. The second kappa shape index (κ2) is 14.4. The summed E-state index contributed by atoms with van der Waals surface area (Å²) in [5.74, 6) is -1.11. The molecule has 1 saturated carbocycles. The molecule has 2 aromatic carbocycles. The molecule has 1 heterocycles. The van der Waals surface area contributed by atoms with Crippen molar-refractivity contribution >= 4 is 23.9 Å². The predicted octanol–water partition coefficient (Wildman–Crippen LogP) is 4.77. The number of imide groups is 1. The summed E-state index contributed by atoms with van der Waals surface area (Å²) in [6.07, 6.45) is 1.74. The van der Waals surface area contributed by atoms with Gasteiger partial charge in [-0.05, 0) is 67.8 Å². The van der Waals surface area contributed by atoms with E-state index < -0.39 is 18.2 Å². The van der Waals surface area contributed by atoms with Crippen molar-refractivity contribution in [3.63, 3.8) is 0 Å². The van der Waals surface area contributed by atoms with Crippen LogP contribution in [0.15, 0.2) is 54.6 Å². The van der Waals surface area contributed by atoms with Crippen LogP contribution in [0.1, 0.15) is 80.9 Å². The van der Waals surface area contributed by atoms with Gasteiger partial charge in [-0.15, -0.1) is 0 Å². The number of nitrogens with one attached hydrogen (secondary N) is 1. The molecule has 0 spiro atoms. The number of hydrogen-bond acceptors (Lipinski definition) is 9. The Balaban J connectivity index is 0.000000484. The fraction of sp³-hybridized carbons (Fsp3) is 0.484. The van der Waals surface area contributed by atoms with E-state index in [1.54, 1.807) is 55.5 Å². The number of alkyl carbamates (subject to hydrolysis) is 1. The number of ether oxygens (including phenoxy) is 2. The molecule has 232 valence electrons. The van der Waals surface area contributed by atoms with Gasteiger partial charge in [-0.1, -0.05) is 51.1 Å². The molecule has 0 aromatic heterocycles. The highest BCUT2D eigenvalue weighted by atomic mass is 17.1. The normalized spacial score (nSPS) is 21.5. The molecule has 42 heavy (non-hydrogen) atoms. The highest BCUT2D eigenvalue weighted by Crippen LogP contribution is 2.45. The van der Waals surface area contributed by atoms with Crippen LogP contribution in [0.5, 0.6) is 0 Å². The highest BCUT2D eigenvalue weighted by molar-refractivity contribution is 6.21. The first-order valence-corrected chi connectivity index (χ1v) is 14.0. The maximum atomic E-state index is 12.2. The third kappa shape index (κ3) is 8.85. The average molecular weight is 588 g/mol. The van der Waals surface area contributed by atoms with Crippen molar-refractivity contribution in [3.8, 4) is 0 Å². The molecular weight excluding hydrogens is 542 g/mol. The SMILES string of the molecule is CC(COC(=O)c1ccccc1)OC(=O)NC1CC(C)(C)CC(C)(CN)C1.O=C1c2ccccc2C(=O)N1CCOO.[HH].[HH]. The number of carbonyl (C=O) groups is 4. The van der Waals surface area contributed by atoms with Gasteiger partial charge in [0.25, 0.3) is 11.8 Å². The lowest BCUT2D eigenvalue weighted by Gasteiger charge is -2.46. The molecular formula is C31H45N3O8. The van der Waals surface area contributed by atoms with E-state index in [0.29, 0.717) is 23.2 Å². The van der Waals surface area contributed by atoms with Crippen LogP contribution in [0.4, 0.5) is 4.79 Å². The topological polar surface area (TPSA) is 157 Å². The molecule has 3 unspecified atom stereocenters. The summed E-state index contributed by atoms with van der Waals surface area (Å²) in [5.41, 5.74) is 7.36. The summed E-state index contributed by atoms with van der Waals surface area (Å²) in [5, 5.41) is 11.1. The highest BCUT2D eigenvalue weighted by Gasteiger charge is 2.41. The van der Waals surface area contributed by atoms with E-state index in [2.05, 4.69) is 31.0 Å². The van der Waals surface area contributed by atoms with Crippen LogP contribution in [0.25, 0.3) is 0 Å². The number of amides is 3. The maximum Gasteiger partial charge on any atom is 0.407 e. The van der Waals surface area contributed by atoms with Crippen LogP contribution < -0.4 is 11.1 Å². The van der Waals surface area contributed by atoms with Crippen LogP contribution >= 0.6 is 0 Å². The first-order valence-electron chi connectivity index (χ1n) is 14.0. The molecule has 4 rings (SSSR count). The molecule has 11 nitrogen and oxygen atoms in total. The van der Waals surface area contributed by atoms with E-state index in [9.17, 15) is 19.2 Å². The van der Waals surface area contributed by atoms with E-state index >= 15 is 0 Å². The van der Waals surface area contributed by atoms with Crippen molar-refractivity contribution in [2.45, 2.75) is 59.1 Å². The Labute approximate surface area is 249 Å². The Morgan fingerprint density at radius 1 is 1.05 bits per heavy atom. The standard InChI is InChI=1S/C21H32N2O4.C10H9NO4.2H2/c1-15(12-26-18(24)16-8-6-5-7-9-16)27-19(25)23-17-10-20(2,3)13-21(4,11-17)14-22;12-9-7-3-1-2-4-8(7)10(13)11(9)5-6-15-14;;/h5-9,15,17H,10-14,22H2,1-4H3,(H,23,25);1-4,14H,5-6H2;2*1H. The number of esters is 1. The van der Waals surface area contributed by atoms with Crippen molar-refractivity contribution in [2.75, 3.05) is 26.3 Å². The van der Waals surface area contributed by atoms with E-state index in [1.165, 1.54) is 0 Å². The van der Waals surface area contributed by atoms with Crippen LogP contribution in [0.3, 0.4) is 0 Å². The lowest BCUT2D eigenvalue weighted by molar-refractivity contribution is -0.242. The Kier molecular flexibility index (Phi) is 11.2. The molecule has 1 aliphatic carbocycles. The molecule has 1 aliphatic heterocycles. The zero-order valence-corrected chi connectivity index (χ0v) is 24.6. The van der Waals surface area contributed by atoms with Gasteiger partial charge in [0.15, 0.2) is 0 Å². The zero-order chi connectivity index (χ0) is 30.9. The number of hydrogen-bond donors (Lipinski definition) is 3. The van der Waals surface area contributed by atoms with Crippen LogP contribution in [0.2, 0.25) is 0 Å². The van der Waals surface area contributed by atoms with Gasteiger partial charge in [-0.3, -0.25) is 19.7 Å². The van der Waals surface area contributed by atoms with Gasteiger partial charge in [-0.2, -0.15) is 0 Å². The summed E-state index contributed by atoms with van der Waals surface area (Å²) in [4.78, 5) is 52.5. The van der Waals surface area contributed by atoms with Crippen LogP contribution in [-0.4, -0.2) is 72.5 Å². The summed E-state index contributed by atoms with van der Waals surface area (Å²) in [6, 6.07) is 15.4. The molecule has 2 aliphatic rings. The Bertz CT molecular complexity index is 1230. The second-order valence-corrected chi connectivity index (χ2v) is 11.9. The zero-order valence-electron chi connectivity index (χ0n) is 24.6. The Morgan fingerprint density at radius 2 is 1.64 bits per heavy atom. The average Bonchev–Trinajstić information content (AvgIpc) is 3.19. The van der Waals surface area contributed by atoms with Crippen LogP contribution in [0, 0.1) is 10.8 Å². The van der Waals surface area contributed by atoms with E-state index in [4.69, 9.17) is 20.5 Å². The fourth-order valence-electron chi connectivity index (χ4n) is 5.73. The monoisotopic (exact) mass is 587 g/mol. The summed E-state index contributed by atoms with van der Waals surface area (Å²) in [6.45, 7) is 8.85. The third-order valence-electron chi connectivity index (χ3n) is 7.31. The van der Waals surface area contributed by atoms with Crippen molar-refractivity contribution in [1.82, 2.24) is 10.2 Å². The van der Waals surface area contributed by atoms with E-state index in [1.807, 2.05) is 6.07 Å². The van der Waals surface area contributed by atoms with Gasteiger partial charge in [0.1, 0.15) is 19.3 Å². The maximum absolute atomic E-state index is 12.2. The molecule has 0 saturated heterocycles. The molecule has 3 amide bonds. The van der Waals surface area contributed by atoms with E-state index in [0.717, 1.165) is 24.2 Å². The number of carbonyl (C=O) groups excluding carboxylic acids is 4.